The summed E-state index contributed by atoms with van der Waals surface area (Å²) in [7, 11) is 0. The molecule has 0 aliphatic rings. The molecule has 0 unspecified atom stereocenters. The molecule has 1 aromatic heterocycles. The lowest BCUT2D eigenvalue weighted by Gasteiger charge is -2.37. The molecule has 42 heavy (non-hydrogen) atoms. The number of rotatable bonds is 12. The third-order valence-electron chi connectivity index (χ3n) is 8.96. The van der Waals surface area contributed by atoms with E-state index in [1.165, 1.54) is 43.1 Å². The minimum atomic E-state index is 0.156. The third-order valence-corrected chi connectivity index (χ3v) is 10.2. The van der Waals surface area contributed by atoms with E-state index in [9.17, 15) is 4.79 Å². The number of thiophene rings is 1. The smallest absolute Gasteiger partial charge is 0.264 e. The minimum absolute atomic E-state index is 0.156. The lowest BCUT2D eigenvalue weighted by molar-refractivity contribution is -0.938. The van der Waals surface area contributed by atoms with Gasteiger partial charge in [-0.15, -0.1) is 11.3 Å². The number of hydrogen-bond donors (Lipinski definition) is 0. The van der Waals surface area contributed by atoms with Crippen molar-refractivity contribution in [2.45, 2.75) is 60.5 Å². The average molecular weight is 578 g/mol. The SMILES string of the molecule is CC[N+](CC)(CCCCN(Cc1ccc2ccccc2c1)C(=O)c1sc2ccccc2c1C)Cc1cc(C)cc(C)c1. The van der Waals surface area contributed by atoms with Crippen LogP contribution < -0.4 is 0 Å². The Kier molecular flexibility index (Phi) is 9.45. The zero-order valence-corrected chi connectivity index (χ0v) is 26.8. The van der Waals surface area contributed by atoms with E-state index in [1.54, 1.807) is 11.3 Å². The van der Waals surface area contributed by atoms with Crippen molar-refractivity contribution in [1.29, 1.82) is 0 Å². The van der Waals surface area contributed by atoms with E-state index in [1.807, 2.05) is 0 Å². The van der Waals surface area contributed by atoms with E-state index < -0.39 is 0 Å². The van der Waals surface area contributed by atoms with Crippen LogP contribution in [0.5, 0.6) is 0 Å². The summed E-state index contributed by atoms with van der Waals surface area (Å²) in [4.78, 5) is 17.1. The van der Waals surface area contributed by atoms with Crippen molar-refractivity contribution in [3.05, 3.63) is 118 Å². The van der Waals surface area contributed by atoms with E-state index in [-0.39, 0.29) is 5.91 Å². The molecule has 0 aliphatic carbocycles. The molecule has 4 heteroatoms. The van der Waals surface area contributed by atoms with Gasteiger partial charge in [0, 0.05) is 23.4 Å². The molecule has 0 spiro atoms. The van der Waals surface area contributed by atoms with Crippen LogP contribution in [-0.2, 0) is 13.1 Å². The van der Waals surface area contributed by atoms with Crippen molar-refractivity contribution in [3.63, 3.8) is 0 Å². The van der Waals surface area contributed by atoms with Gasteiger partial charge in [-0.05, 0) is 86.9 Å². The Labute approximate surface area is 256 Å². The van der Waals surface area contributed by atoms with Gasteiger partial charge in [0.05, 0.1) is 24.5 Å². The highest BCUT2D eigenvalue weighted by atomic mass is 32.1. The Morgan fingerprint density at radius 1 is 0.762 bits per heavy atom. The van der Waals surface area contributed by atoms with Gasteiger partial charge in [-0.3, -0.25) is 4.79 Å². The molecule has 218 valence electrons. The molecule has 4 aromatic carbocycles. The second-order valence-corrected chi connectivity index (χ2v) is 13.1. The van der Waals surface area contributed by atoms with Crippen LogP contribution in [0.3, 0.4) is 0 Å². The van der Waals surface area contributed by atoms with Gasteiger partial charge in [-0.2, -0.15) is 0 Å². The van der Waals surface area contributed by atoms with Crippen LogP contribution in [0.15, 0.2) is 84.9 Å². The Hall–Kier alpha value is -3.47. The zero-order chi connectivity index (χ0) is 29.7. The highest BCUT2D eigenvalue weighted by Gasteiger charge is 2.25. The molecule has 0 saturated carbocycles. The first-order valence-electron chi connectivity index (χ1n) is 15.5. The standard InChI is InChI=1S/C38H45N2OS/c1-6-40(7-2,27-32-23-28(3)22-29(4)24-32)21-13-12-20-39(26-31-18-19-33-14-8-9-15-34(33)25-31)38(41)37-30(5)35-16-10-11-17-36(35)42-37/h8-11,14-19,22-25H,6-7,12-13,20-21,26-27H2,1-5H3/q+1. The summed E-state index contributed by atoms with van der Waals surface area (Å²) in [5.74, 6) is 0.156. The van der Waals surface area contributed by atoms with Crippen LogP contribution in [0, 0.1) is 20.8 Å². The number of unbranched alkanes of at least 4 members (excludes halogenated alkanes) is 1. The van der Waals surface area contributed by atoms with Crippen LogP contribution in [0.25, 0.3) is 20.9 Å². The summed E-state index contributed by atoms with van der Waals surface area (Å²) in [5, 5.41) is 3.65. The third kappa shape index (κ3) is 6.77. The van der Waals surface area contributed by atoms with Crippen LogP contribution in [0.2, 0.25) is 0 Å². The summed E-state index contributed by atoms with van der Waals surface area (Å²) in [5.41, 5.74) is 6.40. The van der Waals surface area contributed by atoms with Crippen LogP contribution >= 0.6 is 11.3 Å². The number of carbonyl (C=O) groups excluding carboxylic acids is 1. The maximum absolute atomic E-state index is 14.1. The summed E-state index contributed by atoms with van der Waals surface area (Å²) >= 11 is 1.63. The Bertz CT molecular complexity index is 1660. The van der Waals surface area contributed by atoms with Crippen molar-refractivity contribution < 1.29 is 9.28 Å². The first-order chi connectivity index (χ1) is 20.3. The van der Waals surface area contributed by atoms with E-state index in [2.05, 4.69) is 124 Å². The molecule has 3 nitrogen and oxygen atoms in total. The predicted molar refractivity (Wildman–Crippen MR) is 180 cm³/mol. The van der Waals surface area contributed by atoms with Gasteiger partial charge >= 0.3 is 0 Å². The van der Waals surface area contributed by atoms with Crippen LogP contribution in [-0.4, -0.2) is 41.5 Å². The Balaban J connectivity index is 1.34. The number of quaternary nitrogens is 1. The molecular weight excluding hydrogens is 532 g/mol. The highest BCUT2D eigenvalue weighted by molar-refractivity contribution is 7.21. The molecule has 0 saturated heterocycles. The number of hydrogen-bond acceptors (Lipinski definition) is 2. The topological polar surface area (TPSA) is 20.3 Å². The van der Waals surface area contributed by atoms with Crippen LogP contribution in [0.4, 0.5) is 0 Å². The maximum atomic E-state index is 14.1. The number of benzene rings is 4. The van der Waals surface area contributed by atoms with Crippen molar-refractivity contribution in [2.75, 3.05) is 26.2 Å². The lowest BCUT2D eigenvalue weighted by atomic mass is 10.1. The molecule has 0 radical (unpaired) electrons. The number of amides is 1. The molecule has 0 aliphatic heterocycles. The van der Waals surface area contributed by atoms with Gasteiger partial charge in [-0.25, -0.2) is 0 Å². The predicted octanol–water partition coefficient (Wildman–Crippen LogP) is 9.46. The Morgan fingerprint density at radius 3 is 2.17 bits per heavy atom. The number of nitrogens with zero attached hydrogens (tertiary/aromatic N) is 2. The monoisotopic (exact) mass is 577 g/mol. The number of fused-ring (bicyclic) bond motifs is 2. The van der Waals surface area contributed by atoms with Crippen molar-refractivity contribution in [3.8, 4) is 0 Å². The molecule has 1 heterocycles. The fourth-order valence-corrected chi connectivity index (χ4v) is 7.65. The van der Waals surface area contributed by atoms with Gasteiger partial charge in [0.2, 0.25) is 0 Å². The first-order valence-corrected chi connectivity index (χ1v) is 16.3. The first kappa shape index (κ1) is 30.0. The van der Waals surface area contributed by atoms with E-state index in [0.29, 0.717) is 6.54 Å². The minimum Gasteiger partial charge on any atom is -0.334 e. The molecule has 0 atom stereocenters. The molecule has 5 rings (SSSR count). The second-order valence-electron chi connectivity index (χ2n) is 12.0. The van der Waals surface area contributed by atoms with E-state index in [4.69, 9.17) is 0 Å². The largest absolute Gasteiger partial charge is 0.334 e. The molecular formula is C38H45N2OS+. The summed E-state index contributed by atoms with van der Waals surface area (Å²) < 4.78 is 2.26. The fourth-order valence-electron chi connectivity index (χ4n) is 6.47. The summed E-state index contributed by atoms with van der Waals surface area (Å²) in [6.45, 7) is 17.0. The average Bonchev–Trinajstić information content (AvgIpc) is 3.33. The highest BCUT2D eigenvalue weighted by Crippen LogP contribution is 2.32. The zero-order valence-electron chi connectivity index (χ0n) is 26.0. The molecule has 0 N–H and O–H groups in total. The summed E-state index contributed by atoms with van der Waals surface area (Å²) in [6, 6.07) is 30.4. The van der Waals surface area contributed by atoms with Gasteiger partial charge in [0.25, 0.3) is 5.91 Å². The second kappa shape index (κ2) is 13.2. The van der Waals surface area contributed by atoms with Crippen LogP contribution in [0.1, 0.15) is 64.2 Å². The number of carbonyl (C=O) groups is 1. The quantitative estimate of drug-likeness (QED) is 0.107. The number of aryl methyl sites for hydroxylation is 3. The fraction of sp³-hybridized carbons (Fsp3) is 0.342. The molecule has 0 fully saturated rings. The van der Waals surface area contributed by atoms with Crippen molar-refractivity contribution >= 4 is 38.1 Å². The Morgan fingerprint density at radius 2 is 1.45 bits per heavy atom. The van der Waals surface area contributed by atoms with Gasteiger partial charge < -0.3 is 9.38 Å². The lowest BCUT2D eigenvalue weighted by Crippen LogP contribution is -2.47. The molecule has 0 bridgehead atoms. The van der Waals surface area contributed by atoms with Crippen molar-refractivity contribution in [2.24, 2.45) is 0 Å². The maximum Gasteiger partial charge on any atom is 0.264 e. The van der Waals surface area contributed by atoms with Crippen molar-refractivity contribution in [1.82, 2.24) is 4.90 Å². The molecule has 5 aromatic rings. The summed E-state index contributed by atoms with van der Waals surface area (Å²) in [6.07, 6.45) is 2.09. The normalized spacial score (nSPS) is 11.8. The molecule has 1 amide bonds. The van der Waals surface area contributed by atoms with Gasteiger partial charge in [0.1, 0.15) is 6.54 Å². The van der Waals surface area contributed by atoms with Gasteiger partial charge in [-0.1, -0.05) is 83.9 Å². The van der Waals surface area contributed by atoms with E-state index >= 15 is 0 Å². The van der Waals surface area contributed by atoms with Gasteiger partial charge in [0.15, 0.2) is 0 Å². The van der Waals surface area contributed by atoms with E-state index in [0.717, 1.165) is 60.5 Å².